The highest BCUT2D eigenvalue weighted by Crippen LogP contribution is 2.29. The Morgan fingerprint density at radius 3 is 2.76 bits per heavy atom. The Hall–Kier alpha value is -3.67. The largest absolute Gasteiger partial charge is 0.497 e. The highest BCUT2D eigenvalue weighted by molar-refractivity contribution is 7.99. The van der Waals surface area contributed by atoms with E-state index in [0.717, 1.165) is 11.3 Å². The highest BCUT2D eigenvalue weighted by Gasteiger charge is 2.21. The van der Waals surface area contributed by atoms with Crippen LogP contribution in [-0.4, -0.2) is 32.9 Å². The third kappa shape index (κ3) is 5.10. The molecule has 3 aromatic heterocycles. The number of thiazole rings is 1. The first kappa shape index (κ1) is 25.0. The molecule has 5 rings (SSSR count). The van der Waals surface area contributed by atoms with Gasteiger partial charge in [-0.05, 0) is 55.0 Å². The minimum Gasteiger partial charge on any atom is -0.497 e. The predicted molar refractivity (Wildman–Crippen MR) is 148 cm³/mol. The number of nitrogens with zero attached hydrogens (tertiary/aromatic N) is 3. The Morgan fingerprint density at radius 1 is 1.16 bits per heavy atom. The molecule has 3 heterocycles. The zero-order chi connectivity index (χ0) is 25.9. The molecule has 0 unspecified atom stereocenters. The maximum atomic E-state index is 13.9. The number of rotatable bonds is 8. The van der Waals surface area contributed by atoms with Gasteiger partial charge >= 0.3 is 0 Å². The van der Waals surface area contributed by atoms with Crippen molar-refractivity contribution >= 4 is 51.6 Å². The normalized spacial score (nSPS) is 11.1. The van der Waals surface area contributed by atoms with Gasteiger partial charge in [0.25, 0.3) is 5.56 Å². The number of benzene rings is 2. The van der Waals surface area contributed by atoms with Crippen molar-refractivity contribution < 1.29 is 13.9 Å². The number of fused-ring (bicyclic) bond motifs is 1. The van der Waals surface area contributed by atoms with Crippen molar-refractivity contribution in [2.24, 2.45) is 0 Å². The van der Waals surface area contributed by atoms with Gasteiger partial charge in [0.15, 0.2) is 14.8 Å². The second-order valence-corrected chi connectivity index (χ2v) is 10.6. The summed E-state index contributed by atoms with van der Waals surface area (Å²) in [6.45, 7) is 2.21. The van der Waals surface area contributed by atoms with Gasteiger partial charge in [0.1, 0.15) is 16.2 Å². The SMILES string of the molecule is COc1cccc(-n2c(=S)sc3c(=O)n(-c4ccccc4C)c(SCC(=O)NCc4ccco4)nc32)c1. The number of hydrogen-bond donors (Lipinski definition) is 1. The number of hydrogen-bond acceptors (Lipinski definition) is 8. The number of methoxy groups -OCH3 is 1. The summed E-state index contributed by atoms with van der Waals surface area (Å²) in [6.07, 6.45) is 1.56. The standard InChI is InChI=1S/C26H22N4O4S3/c1-16-7-3-4-11-20(16)30-24(32)22-23(29(26(35)37-22)17-8-5-9-18(13-17)33-2)28-25(30)36-15-21(31)27-14-19-10-6-12-34-19/h3-13H,14-15H2,1-2H3,(H,27,31). The first-order valence-electron chi connectivity index (χ1n) is 11.3. The molecule has 5 aromatic rings. The lowest BCUT2D eigenvalue weighted by Gasteiger charge is -2.15. The summed E-state index contributed by atoms with van der Waals surface area (Å²) >= 11 is 8.05. The topological polar surface area (TPSA) is 91.3 Å². The quantitative estimate of drug-likeness (QED) is 0.160. The van der Waals surface area contributed by atoms with Crippen LogP contribution >= 0.6 is 35.3 Å². The molecule has 0 radical (unpaired) electrons. The number of amides is 1. The second-order valence-electron chi connectivity index (χ2n) is 8.02. The number of para-hydroxylation sites is 1. The van der Waals surface area contributed by atoms with Crippen molar-refractivity contribution in [3.63, 3.8) is 0 Å². The van der Waals surface area contributed by atoms with E-state index in [9.17, 15) is 9.59 Å². The number of carbonyl (C=O) groups is 1. The molecule has 2 aromatic carbocycles. The molecule has 0 saturated carbocycles. The van der Waals surface area contributed by atoms with Crippen LogP contribution in [0.25, 0.3) is 21.7 Å². The smallest absolute Gasteiger partial charge is 0.278 e. The van der Waals surface area contributed by atoms with Crippen molar-refractivity contribution in [3.05, 3.63) is 92.6 Å². The fourth-order valence-electron chi connectivity index (χ4n) is 3.82. The van der Waals surface area contributed by atoms with Crippen LogP contribution in [0, 0.1) is 10.9 Å². The van der Waals surface area contributed by atoms with Gasteiger partial charge in [-0.3, -0.25) is 18.7 Å². The van der Waals surface area contributed by atoms with Gasteiger partial charge in [-0.1, -0.05) is 47.4 Å². The van der Waals surface area contributed by atoms with Crippen molar-refractivity contribution in [1.29, 1.82) is 0 Å². The number of carbonyl (C=O) groups excluding carboxylic acids is 1. The number of thioether (sulfide) groups is 1. The van der Waals surface area contributed by atoms with Gasteiger partial charge < -0.3 is 14.5 Å². The van der Waals surface area contributed by atoms with Crippen LogP contribution in [-0.2, 0) is 11.3 Å². The van der Waals surface area contributed by atoms with Crippen molar-refractivity contribution in [2.45, 2.75) is 18.6 Å². The molecule has 1 N–H and O–H groups in total. The zero-order valence-corrected chi connectivity index (χ0v) is 22.4. The van der Waals surface area contributed by atoms with Crippen LogP contribution in [0.3, 0.4) is 0 Å². The molecule has 0 bridgehead atoms. The Kier molecular flexibility index (Phi) is 7.26. The van der Waals surface area contributed by atoms with Gasteiger partial charge in [-0.25, -0.2) is 4.98 Å². The fraction of sp³-hybridized carbons (Fsp3) is 0.154. The van der Waals surface area contributed by atoms with Crippen molar-refractivity contribution in [3.8, 4) is 17.1 Å². The Labute approximate surface area is 225 Å². The van der Waals surface area contributed by atoms with Crippen LogP contribution in [0.1, 0.15) is 11.3 Å². The molecule has 8 nitrogen and oxygen atoms in total. The summed E-state index contributed by atoms with van der Waals surface area (Å²) in [5.74, 6) is 1.18. The molecule has 0 aliphatic rings. The molecular weight excluding hydrogens is 529 g/mol. The van der Waals surface area contributed by atoms with E-state index < -0.39 is 0 Å². The van der Waals surface area contributed by atoms with Crippen molar-refractivity contribution in [2.75, 3.05) is 12.9 Å². The van der Waals surface area contributed by atoms with Crippen LogP contribution in [0.4, 0.5) is 0 Å². The number of ether oxygens (including phenoxy) is 1. The van der Waals surface area contributed by atoms with Crippen molar-refractivity contribution in [1.82, 2.24) is 19.4 Å². The molecule has 0 aliphatic carbocycles. The first-order valence-corrected chi connectivity index (χ1v) is 13.5. The molecule has 188 valence electrons. The molecule has 11 heteroatoms. The summed E-state index contributed by atoms with van der Waals surface area (Å²) in [5, 5.41) is 3.22. The monoisotopic (exact) mass is 550 g/mol. The maximum Gasteiger partial charge on any atom is 0.278 e. The molecule has 0 aliphatic heterocycles. The van der Waals surface area contributed by atoms with Crippen LogP contribution in [0.5, 0.6) is 5.75 Å². The average molecular weight is 551 g/mol. The van der Waals surface area contributed by atoms with E-state index in [1.807, 2.05) is 55.5 Å². The van der Waals surface area contributed by atoms with Gasteiger partial charge in [0, 0.05) is 6.07 Å². The summed E-state index contributed by atoms with van der Waals surface area (Å²) in [6, 6.07) is 18.5. The van der Waals surface area contributed by atoms with Gasteiger partial charge in [-0.2, -0.15) is 0 Å². The van der Waals surface area contributed by atoms with Gasteiger partial charge in [-0.15, -0.1) is 0 Å². The third-order valence-electron chi connectivity index (χ3n) is 5.62. The highest BCUT2D eigenvalue weighted by atomic mass is 32.2. The fourth-order valence-corrected chi connectivity index (χ4v) is 5.95. The summed E-state index contributed by atoms with van der Waals surface area (Å²) in [7, 11) is 1.59. The van der Waals surface area contributed by atoms with E-state index >= 15 is 0 Å². The number of aromatic nitrogens is 3. The average Bonchev–Trinajstić information content (AvgIpc) is 3.54. The molecule has 37 heavy (non-hydrogen) atoms. The van der Waals surface area contributed by atoms with Crippen LogP contribution in [0.15, 0.2) is 81.3 Å². The van der Waals surface area contributed by atoms with Gasteiger partial charge in [0.2, 0.25) is 5.91 Å². The number of furan rings is 1. The zero-order valence-electron chi connectivity index (χ0n) is 20.0. The van der Waals surface area contributed by atoms with E-state index in [0.29, 0.717) is 36.7 Å². The molecule has 1 amide bonds. The lowest BCUT2D eigenvalue weighted by Crippen LogP contribution is -2.26. The number of nitrogens with one attached hydrogen (secondary N) is 1. The minimum absolute atomic E-state index is 0.0641. The van der Waals surface area contributed by atoms with E-state index in [1.165, 1.54) is 23.1 Å². The maximum absolute atomic E-state index is 13.9. The summed E-state index contributed by atoms with van der Waals surface area (Å²) in [4.78, 5) is 31.4. The predicted octanol–water partition coefficient (Wildman–Crippen LogP) is 5.29. The van der Waals surface area contributed by atoms with E-state index in [2.05, 4.69) is 5.32 Å². The van der Waals surface area contributed by atoms with E-state index in [1.54, 1.807) is 34.6 Å². The Bertz CT molecular complexity index is 1700. The molecule has 0 saturated heterocycles. The molecular formula is C26H22N4O4S3. The second kappa shape index (κ2) is 10.8. The van der Waals surface area contributed by atoms with Gasteiger partial charge in [0.05, 0.1) is 37.0 Å². The number of aryl methyl sites for hydroxylation is 1. The lowest BCUT2D eigenvalue weighted by atomic mass is 10.2. The third-order valence-corrected chi connectivity index (χ3v) is 7.91. The lowest BCUT2D eigenvalue weighted by molar-refractivity contribution is -0.118. The first-order chi connectivity index (χ1) is 18.0. The summed E-state index contributed by atoms with van der Waals surface area (Å²) < 4.78 is 14.9. The Morgan fingerprint density at radius 2 is 2.00 bits per heavy atom. The summed E-state index contributed by atoms with van der Waals surface area (Å²) in [5.41, 5.74) is 2.55. The minimum atomic E-state index is -0.240. The van der Waals surface area contributed by atoms with E-state index in [-0.39, 0.29) is 23.8 Å². The van der Waals surface area contributed by atoms with Crippen LogP contribution in [0.2, 0.25) is 0 Å². The van der Waals surface area contributed by atoms with E-state index in [4.69, 9.17) is 26.4 Å². The molecule has 0 fully saturated rings. The Balaban J connectivity index is 1.60. The molecule has 0 atom stereocenters. The van der Waals surface area contributed by atoms with Crippen LogP contribution < -0.4 is 15.6 Å². The molecule has 0 spiro atoms.